The Balaban J connectivity index is 2.20. The van der Waals surface area contributed by atoms with Crippen LogP contribution in [0.4, 0.5) is 0 Å². The molecule has 0 unspecified atom stereocenters. The molecule has 0 aromatic carbocycles. The molecule has 0 amide bonds. The number of hydrogen-bond donors (Lipinski definition) is 3. The number of nitrogens with zero attached hydrogens (tertiary/aromatic N) is 1. The maximum atomic E-state index is 9.21. The fourth-order valence-corrected chi connectivity index (χ4v) is 1.39. The molecule has 0 saturated carbocycles. The Morgan fingerprint density at radius 1 is 1.50 bits per heavy atom. The molecule has 0 fully saturated rings. The van der Waals surface area contributed by atoms with Crippen LogP contribution in [0.1, 0.15) is 6.42 Å². The first-order chi connectivity index (χ1) is 4.88. The molecule has 0 saturated heterocycles. The summed E-state index contributed by atoms with van der Waals surface area (Å²) in [5.74, 6) is 0. The first kappa shape index (κ1) is 6.00. The van der Waals surface area contributed by atoms with Crippen LogP contribution >= 0.6 is 0 Å². The molecule has 0 radical (unpaired) electrons. The molecule has 0 atom stereocenters. The van der Waals surface area contributed by atoms with Gasteiger partial charge in [-0.2, -0.15) is 0 Å². The Bertz CT molecular complexity index is 178. The van der Waals surface area contributed by atoms with Crippen molar-refractivity contribution in [3.8, 4) is 0 Å². The zero-order valence-corrected chi connectivity index (χ0v) is 5.72. The fourth-order valence-electron chi connectivity index (χ4n) is 1.39. The predicted octanol–water partition coefficient (Wildman–Crippen LogP) is -0.557. The van der Waals surface area contributed by atoms with Crippen molar-refractivity contribution in [2.24, 2.45) is 0 Å². The first-order valence-corrected chi connectivity index (χ1v) is 3.51. The summed E-state index contributed by atoms with van der Waals surface area (Å²) in [5, 5.41) is 16.8. The minimum atomic E-state index is 0.548. The van der Waals surface area contributed by atoms with E-state index >= 15 is 0 Å². The summed E-state index contributed by atoms with van der Waals surface area (Å²) in [6, 6.07) is 0. The molecule has 0 bridgehead atoms. The van der Waals surface area contributed by atoms with Crippen molar-refractivity contribution >= 4 is 0 Å². The van der Waals surface area contributed by atoms with Crippen LogP contribution in [-0.4, -0.2) is 30.0 Å². The van der Waals surface area contributed by atoms with Gasteiger partial charge in [0.15, 0.2) is 0 Å². The van der Waals surface area contributed by atoms with E-state index in [-0.39, 0.29) is 0 Å². The maximum absolute atomic E-state index is 9.21. The highest BCUT2D eigenvalue weighted by atomic mass is 16.5. The van der Waals surface area contributed by atoms with Gasteiger partial charge in [0.05, 0.1) is 5.70 Å². The zero-order valence-electron chi connectivity index (χ0n) is 5.72. The summed E-state index contributed by atoms with van der Waals surface area (Å²) in [6.07, 6.45) is 0.929. The van der Waals surface area contributed by atoms with Crippen LogP contribution in [0.3, 0.4) is 0 Å². The molecule has 0 aliphatic carbocycles. The van der Waals surface area contributed by atoms with Gasteiger partial charge in [-0.3, -0.25) is 5.21 Å². The lowest BCUT2D eigenvalue weighted by atomic mass is 10.2. The summed E-state index contributed by atoms with van der Waals surface area (Å²) in [6.45, 7) is 2.39. The van der Waals surface area contributed by atoms with Crippen molar-refractivity contribution in [1.82, 2.24) is 15.7 Å². The van der Waals surface area contributed by atoms with E-state index in [0.29, 0.717) is 6.67 Å². The van der Waals surface area contributed by atoms with E-state index in [1.807, 2.05) is 0 Å². The van der Waals surface area contributed by atoms with Crippen molar-refractivity contribution in [2.45, 2.75) is 6.42 Å². The lowest BCUT2D eigenvalue weighted by Gasteiger charge is -2.17. The van der Waals surface area contributed by atoms with Gasteiger partial charge in [-0.25, -0.2) is 5.06 Å². The van der Waals surface area contributed by atoms with Crippen LogP contribution < -0.4 is 10.6 Å². The fraction of sp³-hybridized carbons (Fsp3) is 0.667. The van der Waals surface area contributed by atoms with Crippen molar-refractivity contribution in [3.63, 3.8) is 0 Å². The molecule has 56 valence electrons. The molecular formula is C6H11N3O. The second-order valence-electron chi connectivity index (χ2n) is 2.59. The van der Waals surface area contributed by atoms with Gasteiger partial charge < -0.3 is 10.6 Å². The van der Waals surface area contributed by atoms with Crippen molar-refractivity contribution in [2.75, 3.05) is 19.8 Å². The van der Waals surface area contributed by atoms with E-state index in [4.69, 9.17) is 0 Å². The Morgan fingerprint density at radius 2 is 2.40 bits per heavy atom. The highest BCUT2D eigenvalue weighted by Gasteiger charge is 2.22. The minimum absolute atomic E-state index is 0.548. The second-order valence-corrected chi connectivity index (χ2v) is 2.59. The molecule has 4 heteroatoms. The molecule has 0 aromatic heterocycles. The number of rotatable bonds is 0. The molecule has 4 nitrogen and oxygen atoms in total. The lowest BCUT2D eigenvalue weighted by Crippen LogP contribution is -2.28. The van der Waals surface area contributed by atoms with Crippen LogP contribution in [0.15, 0.2) is 11.4 Å². The highest BCUT2D eigenvalue weighted by Crippen LogP contribution is 2.17. The van der Waals surface area contributed by atoms with Crippen LogP contribution in [0.5, 0.6) is 0 Å². The summed E-state index contributed by atoms with van der Waals surface area (Å²) >= 11 is 0. The molecule has 0 aromatic rings. The van der Waals surface area contributed by atoms with Gasteiger partial charge in [-0.1, -0.05) is 0 Å². The monoisotopic (exact) mass is 141 g/mol. The second kappa shape index (κ2) is 2.14. The van der Waals surface area contributed by atoms with Gasteiger partial charge in [0.1, 0.15) is 6.67 Å². The molecule has 2 rings (SSSR count). The average Bonchev–Trinajstić information content (AvgIpc) is 2.34. The van der Waals surface area contributed by atoms with E-state index in [1.54, 1.807) is 0 Å². The molecule has 3 N–H and O–H groups in total. The Kier molecular flexibility index (Phi) is 1.28. The van der Waals surface area contributed by atoms with Crippen molar-refractivity contribution in [1.29, 1.82) is 0 Å². The number of nitrogens with one attached hydrogen (secondary N) is 2. The molecule has 2 aliphatic rings. The smallest absolute Gasteiger partial charge is 0.113 e. The Morgan fingerprint density at radius 3 is 3.20 bits per heavy atom. The standard InChI is InChI=1S/C6H11N3O/c10-9-4-8-5-3-7-2-1-6(5)9/h7-8,10H,1-4H2. The van der Waals surface area contributed by atoms with Gasteiger partial charge in [0.25, 0.3) is 0 Å². The average molecular weight is 141 g/mol. The summed E-state index contributed by atoms with van der Waals surface area (Å²) in [7, 11) is 0. The first-order valence-electron chi connectivity index (χ1n) is 3.51. The van der Waals surface area contributed by atoms with Crippen molar-refractivity contribution < 1.29 is 5.21 Å². The van der Waals surface area contributed by atoms with Crippen LogP contribution in [0.25, 0.3) is 0 Å². The van der Waals surface area contributed by atoms with Crippen LogP contribution in [0, 0.1) is 0 Å². The third kappa shape index (κ3) is 0.767. The number of hydrogen-bond acceptors (Lipinski definition) is 4. The van der Waals surface area contributed by atoms with E-state index in [9.17, 15) is 5.21 Å². The zero-order chi connectivity index (χ0) is 6.97. The van der Waals surface area contributed by atoms with E-state index < -0.39 is 0 Å². The summed E-state index contributed by atoms with van der Waals surface area (Å²) in [4.78, 5) is 0. The molecular weight excluding hydrogens is 130 g/mol. The topological polar surface area (TPSA) is 47.5 Å². The van der Waals surface area contributed by atoms with Gasteiger partial charge in [0, 0.05) is 25.2 Å². The minimum Gasteiger partial charge on any atom is -0.367 e. The lowest BCUT2D eigenvalue weighted by molar-refractivity contribution is -0.0513. The normalized spacial score (nSPS) is 24.7. The number of hydroxylamine groups is 2. The maximum Gasteiger partial charge on any atom is 0.113 e. The Hall–Kier alpha value is -0.740. The summed E-state index contributed by atoms with van der Waals surface area (Å²) in [5.41, 5.74) is 2.20. The van der Waals surface area contributed by atoms with E-state index in [0.717, 1.165) is 30.9 Å². The molecule has 0 spiro atoms. The Labute approximate surface area is 59.5 Å². The summed E-state index contributed by atoms with van der Waals surface area (Å²) < 4.78 is 0. The SMILES string of the molecule is ON1CNC2=C1CCNC2. The van der Waals surface area contributed by atoms with E-state index in [2.05, 4.69) is 10.6 Å². The van der Waals surface area contributed by atoms with Crippen LogP contribution in [0.2, 0.25) is 0 Å². The van der Waals surface area contributed by atoms with Gasteiger partial charge in [-0.05, 0) is 0 Å². The molecule has 2 aliphatic heterocycles. The van der Waals surface area contributed by atoms with Gasteiger partial charge in [-0.15, -0.1) is 0 Å². The third-order valence-electron chi connectivity index (χ3n) is 1.94. The van der Waals surface area contributed by atoms with Gasteiger partial charge in [0.2, 0.25) is 0 Å². The molecule has 10 heavy (non-hydrogen) atoms. The predicted molar refractivity (Wildman–Crippen MR) is 36.1 cm³/mol. The third-order valence-corrected chi connectivity index (χ3v) is 1.94. The largest absolute Gasteiger partial charge is 0.367 e. The highest BCUT2D eigenvalue weighted by molar-refractivity contribution is 5.18. The quantitative estimate of drug-likeness (QED) is 0.423. The van der Waals surface area contributed by atoms with Crippen LogP contribution in [-0.2, 0) is 0 Å². The van der Waals surface area contributed by atoms with Crippen molar-refractivity contribution in [3.05, 3.63) is 11.4 Å². The molecule has 2 heterocycles. The van der Waals surface area contributed by atoms with E-state index in [1.165, 1.54) is 5.06 Å². The van der Waals surface area contributed by atoms with Gasteiger partial charge >= 0.3 is 0 Å².